The minimum atomic E-state index is -0.391. The zero-order chi connectivity index (χ0) is 12.6. The van der Waals surface area contributed by atoms with Crippen LogP contribution in [0.4, 0.5) is 5.69 Å². The van der Waals surface area contributed by atoms with Gasteiger partial charge in [0.15, 0.2) is 0 Å². The summed E-state index contributed by atoms with van der Waals surface area (Å²) in [5, 5.41) is 1.00. The van der Waals surface area contributed by atoms with E-state index in [2.05, 4.69) is 9.72 Å². The molecule has 0 saturated carbocycles. The molecule has 90 valence electrons. The Morgan fingerprint density at radius 2 is 2.12 bits per heavy atom. The first-order valence-corrected chi connectivity index (χ1v) is 6.58. The maximum Gasteiger partial charge on any atom is 0.350 e. The second kappa shape index (κ2) is 4.46. The molecule has 2 heterocycles. The van der Waals surface area contributed by atoms with Gasteiger partial charge < -0.3 is 10.5 Å². The molecule has 2 aromatic rings. The molecule has 0 saturated heterocycles. The molecule has 2 N–H and O–H groups in total. The summed E-state index contributed by atoms with van der Waals surface area (Å²) >= 11 is 2.94. The smallest absolute Gasteiger partial charge is 0.350 e. The van der Waals surface area contributed by atoms with E-state index >= 15 is 0 Å². The predicted octanol–water partition coefficient (Wildman–Crippen LogP) is 2.86. The first kappa shape index (κ1) is 12.1. The molecule has 0 amide bonds. The van der Waals surface area contributed by atoms with Gasteiger partial charge in [-0.3, -0.25) is 0 Å². The number of nitrogen functional groups attached to an aromatic ring is 1. The highest BCUT2D eigenvalue weighted by Crippen LogP contribution is 2.38. The number of esters is 1. The number of thiophene rings is 1. The van der Waals surface area contributed by atoms with Crippen molar-refractivity contribution in [3.63, 3.8) is 0 Å². The number of rotatable bonds is 2. The van der Waals surface area contributed by atoms with E-state index in [1.54, 1.807) is 17.4 Å². The summed E-state index contributed by atoms with van der Waals surface area (Å²) < 4.78 is 4.68. The van der Waals surface area contributed by atoms with E-state index in [4.69, 9.17) is 5.73 Å². The van der Waals surface area contributed by atoms with E-state index in [9.17, 15) is 4.79 Å². The Kier molecular flexibility index (Phi) is 3.17. The number of aryl methyl sites for hydroxylation is 2. The highest BCUT2D eigenvalue weighted by Gasteiger charge is 2.18. The number of methoxy groups -OCH3 is 1. The topological polar surface area (TPSA) is 65.2 Å². The van der Waals surface area contributed by atoms with Crippen molar-refractivity contribution in [3.8, 4) is 9.75 Å². The first-order valence-electron chi connectivity index (χ1n) is 4.95. The third kappa shape index (κ3) is 2.18. The number of ether oxygens (including phenoxy) is 1. The van der Waals surface area contributed by atoms with Gasteiger partial charge in [-0.05, 0) is 19.9 Å². The van der Waals surface area contributed by atoms with Crippen molar-refractivity contribution in [2.24, 2.45) is 0 Å². The molecule has 0 aliphatic rings. The number of nitrogens with two attached hydrogens (primary N) is 1. The van der Waals surface area contributed by atoms with Crippen LogP contribution in [0.1, 0.15) is 20.4 Å². The molecular formula is C11H12N2O2S2. The fourth-order valence-electron chi connectivity index (χ4n) is 1.53. The molecule has 0 aromatic carbocycles. The van der Waals surface area contributed by atoms with Gasteiger partial charge in [0.1, 0.15) is 4.88 Å². The zero-order valence-electron chi connectivity index (χ0n) is 9.73. The number of carbonyl (C=O) groups excluding carboxylic acids is 1. The molecule has 17 heavy (non-hydrogen) atoms. The van der Waals surface area contributed by atoms with Gasteiger partial charge in [-0.15, -0.1) is 22.7 Å². The third-order valence-corrected chi connectivity index (χ3v) is 4.64. The molecule has 2 aromatic heterocycles. The van der Waals surface area contributed by atoms with Crippen LogP contribution < -0.4 is 5.73 Å². The average Bonchev–Trinajstić information content (AvgIpc) is 2.80. The van der Waals surface area contributed by atoms with E-state index in [0.29, 0.717) is 10.6 Å². The number of anilines is 1. The maximum absolute atomic E-state index is 11.5. The molecule has 0 aliphatic carbocycles. The molecule has 6 heteroatoms. The van der Waals surface area contributed by atoms with Crippen molar-refractivity contribution in [3.05, 3.63) is 21.6 Å². The van der Waals surface area contributed by atoms with E-state index in [0.717, 1.165) is 20.5 Å². The number of hydrogen-bond donors (Lipinski definition) is 1. The van der Waals surface area contributed by atoms with Crippen molar-refractivity contribution in [1.29, 1.82) is 0 Å². The van der Waals surface area contributed by atoms with Crippen molar-refractivity contribution < 1.29 is 9.53 Å². The SMILES string of the molecule is COC(=O)c1sc(-c2sc(C)nc2C)cc1N. The van der Waals surface area contributed by atoms with E-state index < -0.39 is 5.97 Å². The van der Waals surface area contributed by atoms with Gasteiger partial charge in [0.25, 0.3) is 0 Å². The molecule has 0 bridgehead atoms. The zero-order valence-corrected chi connectivity index (χ0v) is 11.4. The second-order valence-corrected chi connectivity index (χ2v) is 5.79. The highest BCUT2D eigenvalue weighted by atomic mass is 32.1. The predicted molar refractivity (Wildman–Crippen MR) is 70.7 cm³/mol. The van der Waals surface area contributed by atoms with Gasteiger partial charge >= 0.3 is 5.97 Å². The number of hydrogen-bond acceptors (Lipinski definition) is 6. The molecule has 4 nitrogen and oxygen atoms in total. The Morgan fingerprint density at radius 1 is 1.41 bits per heavy atom. The van der Waals surface area contributed by atoms with Gasteiger partial charge in [-0.25, -0.2) is 9.78 Å². The number of nitrogens with zero attached hydrogens (tertiary/aromatic N) is 1. The molecule has 0 aliphatic heterocycles. The quantitative estimate of drug-likeness (QED) is 0.851. The summed E-state index contributed by atoms with van der Waals surface area (Å²) in [6, 6.07) is 1.80. The summed E-state index contributed by atoms with van der Waals surface area (Å²) in [5.41, 5.74) is 7.23. The van der Waals surface area contributed by atoms with Crippen molar-refractivity contribution in [1.82, 2.24) is 4.98 Å². The lowest BCUT2D eigenvalue weighted by atomic mass is 10.3. The lowest BCUT2D eigenvalue weighted by Crippen LogP contribution is -2.00. The van der Waals surface area contributed by atoms with Crippen LogP contribution in [0.2, 0.25) is 0 Å². The first-order chi connectivity index (χ1) is 8.02. The summed E-state index contributed by atoms with van der Waals surface area (Å²) in [7, 11) is 1.35. The minimum absolute atomic E-state index is 0.391. The minimum Gasteiger partial charge on any atom is -0.465 e. The van der Waals surface area contributed by atoms with Gasteiger partial charge in [0.2, 0.25) is 0 Å². The largest absolute Gasteiger partial charge is 0.465 e. The molecule has 2 rings (SSSR count). The van der Waals surface area contributed by atoms with E-state index in [1.165, 1.54) is 18.4 Å². The summed E-state index contributed by atoms with van der Waals surface area (Å²) in [6.07, 6.45) is 0. The monoisotopic (exact) mass is 268 g/mol. The fourth-order valence-corrected chi connectivity index (χ4v) is 3.60. The van der Waals surface area contributed by atoms with Gasteiger partial charge in [0, 0.05) is 4.88 Å². The summed E-state index contributed by atoms with van der Waals surface area (Å²) in [4.78, 5) is 18.3. The molecule has 0 spiro atoms. The third-order valence-electron chi connectivity index (χ3n) is 2.26. The van der Waals surface area contributed by atoms with Gasteiger partial charge in [-0.2, -0.15) is 0 Å². The Bertz CT molecular complexity index is 572. The van der Waals surface area contributed by atoms with Crippen molar-refractivity contribution in [2.75, 3.05) is 12.8 Å². The molecule has 0 unspecified atom stereocenters. The van der Waals surface area contributed by atoms with Crippen LogP contribution in [0.5, 0.6) is 0 Å². The standard InChI is InChI=1S/C11H12N2O2S2/c1-5-9(16-6(2)13-5)8-4-7(12)10(17-8)11(14)15-3/h4H,12H2,1-3H3. The Morgan fingerprint density at radius 3 is 2.65 bits per heavy atom. The van der Waals surface area contributed by atoms with Crippen LogP contribution in [0, 0.1) is 13.8 Å². The molecule has 0 radical (unpaired) electrons. The van der Waals surface area contributed by atoms with E-state index in [-0.39, 0.29) is 0 Å². The van der Waals surface area contributed by atoms with Crippen LogP contribution in [0.15, 0.2) is 6.07 Å². The average molecular weight is 268 g/mol. The number of aromatic nitrogens is 1. The van der Waals surface area contributed by atoms with Crippen molar-refractivity contribution >= 4 is 34.3 Å². The second-order valence-electron chi connectivity index (χ2n) is 3.53. The Hall–Kier alpha value is -1.40. The van der Waals surface area contributed by atoms with Crippen LogP contribution in [-0.2, 0) is 4.74 Å². The maximum atomic E-state index is 11.5. The summed E-state index contributed by atoms with van der Waals surface area (Å²) in [5.74, 6) is -0.391. The fraction of sp³-hybridized carbons (Fsp3) is 0.273. The van der Waals surface area contributed by atoms with Gasteiger partial charge in [0.05, 0.1) is 28.4 Å². The molecular weight excluding hydrogens is 256 g/mol. The normalized spacial score (nSPS) is 10.5. The summed E-state index contributed by atoms with van der Waals surface area (Å²) in [6.45, 7) is 3.91. The van der Waals surface area contributed by atoms with Crippen LogP contribution in [0.25, 0.3) is 9.75 Å². The van der Waals surface area contributed by atoms with E-state index in [1.807, 2.05) is 13.8 Å². The lowest BCUT2D eigenvalue weighted by Gasteiger charge is -1.94. The van der Waals surface area contributed by atoms with Gasteiger partial charge in [-0.1, -0.05) is 0 Å². The van der Waals surface area contributed by atoms with Crippen LogP contribution >= 0.6 is 22.7 Å². The molecule has 0 atom stereocenters. The Labute approximate surface area is 107 Å². The molecule has 0 fully saturated rings. The number of thiazole rings is 1. The van der Waals surface area contributed by atoms with Crippen LogP contribution in [-0.4, -0.2) is 18.1 Å². The lowest BCUT2D eigenvalue weighted by molar-refractivity contribution is 0.0607. The Balaban J connectivity index is 2.48. The highest BCUT2D eigenvalue weighted by molar-refractivity contribution is 7.23. The van der Waals surface area contributed by atoms with Crippen molar-refractivity contribution in [2.45, 2.75) is 13.8 Å². The van der Waals surface area contributed by atoms with Crippen LogP contribution in [0.3, 0.4) is 0 Å². The number of carbonyl (C=O) groups is 1.